The largest absolute Gasteiger partial charge is 0.444 e. The van der Waals surface area contributed by atoms with Crippen LogP contribution >= 0.6 is 0 Å². The van der Waals surface area contributed by atoms with E-state index in [0.29, 0.717) is 12.5 Å². The van der Waals surface area contributed by atoms with Crippen LogP contribution in [0.5, 0.6) is 0 Å². The monoisotopic (exact) mass is 265 g/mol. The van der Waals surface area contributed by atoms with Crippen LogP contribution < -0.4 is 0 Å². The van der Waals surface area contributed by atoms with Crippen molar-refractivity contribution in [3.8, 4) is 0 Å². The number of carbonyl (C=O) groups is 1. The molecule has 1 atom stereocenters. The van der Waals surface area contributed by atoms with E-state index in [1.807, 2.05) is 31.7 Å². The molecule has 1 aromatic heterocycles. The second kappa shape index (κ2) is 5.63. The van der Waals surface area contributed by atoms with Gasteiger partial charge in [0.05, 0.1) is 0 Å². The lowest BCUT2D eigenvalue weighted by atomic mass is 10.00. The topological polar surface area (TPSA) is 58.2 Å². The van der Waals surface area contributed by atoms with Crippen LogP contribution in [0, 0.1) is 0 Å². The fraction of sp³-hybridized carbons (Fsp3) is 0.714. The molecular formula is C14H23N3O2. The van der Waals surface area contributed by atoms with Crippen LogP contribution in [0.1, 0.15) is 51.6 Å². The molecular weight excluding hydrogens is 242 g/mol. The van der Waals surface area contributed by atoms with Gasteiger partial charge in [0.25, 0.3) is 0 Å². The number of carbonyl (C=O) groups excluding carboxylic acids is 1. The fourth-order valence-electron chi connectivity index (χ4n) is 2.38. The molecule has 1 amide bonds. The van der Waals surface area contributed by atoms with Crippen molar-refractivity contribution in [1.29, 1.82) is 0 Å². The summed E-state index contributed by atoms with van der Waals surface area (Å²) >= 11 is 0. The zero-order valence-corrected chi connectivity index (χ0v) is 12.0. The Morgan fingerprint density at radius 2 is 2.26 bits per heavy atom. The van der Waals surface area contributed by atoms with Gasteiger partial charge in [0.2, 0.25) is 0 Å². The molecule has 0 aliphatic carbocycles. The molecule has 0 aromatic carbocycles. The summed E-state index contributed by atoms with van der Waals surface area (Å²) < 4.78 is 5.46. The fourth-order valence-corrected chi connectivity index (χ4v) is 2.38. The molecule has 1 fully saturated rings. The van der Waals surface area contributed by atoms with Crippen molar-refractivity contribution in [3.63, 3.8) is 0 Å². The number of ether oxygens (including phenoxy) is 1. The first-order chi connectivity index (χ1) is 8.96. The minimum Gasteiger partial charge on any atom is -0.444 e. The first-order valence-electron chi connectivity index (χ1n) is 6.93. The summed E-state index contributed by atoms with van der Waals surface area (Å²) in [6.45, 7) is 7.18. The summed E-state index contributed by atoms with van der Waals surface area (Å²) in [7, 11) is 0. The predicted octanol–water partition coefficient (Wildman–Crippen LogP) is 2.91. The Kier molecular flexibility index (Phi) is 4.12. The Hall–Kier alpha value is -1.52. The number of hydrogen-bond acceptors (Lipinski definition) is 3. The van der Waals surface area contributed by atoms with Gasteiger partial charge in [-0.25, -0.2) is 4.79 Å². The van der Waals surface area contributed by atoms with E-state index in [4.69, 9.17) is 4.74 Å². The molecule has 0 saturated carbocycles. The Bertz CT molecular complexity index is 409. The van der Waals surface area contributed by atoms with E-state index in [1.165, 1.54) is 0 Å². The van der Waals surface area contributed by atoms with E-state index in [1.54, 1.807) is 6.20 Å². The number of nitrogens with zero attached hydrogens (tertiary/aromatic N) is 2. The summed E-state index contributed by atoms with van der Waals surface area (Å²) in [5, 5.41) is 7.01. The lowest BCUT2D eigenvalue weighted by Crippen LogP contribution is -2.38. The molecule has 0 unspecified atom stereocenters. The summed E-state index contributed by atoms with van der Waals surface area (Å²) in [5.74, 6) is 0.331. The van der Waals surface area contributed by atoms with Crippen molar-refractivity contribution in [2.75, 3.05) is 13.1 Å². The van der Waals surface area contributed by atoms with E-state index < -0.39 is 5.60 Å². The van der Waals surface area contributed by atoms with Gasteiger partial charge in [-0.3, -0.25) is 5.10 Å². The van der Waals surface area contributed by atoms with Crippen molar-refractivity contribution < 1.29 is 9.53 Å². The molecule has 0 radical (unpaired) electrons. The van der Waals surface area contributed by atoms with Crippen LogP contribution in [0.4, 0.5) is 4.79 Å². The Labute approximate surface area is 114 Å². The molecule has 1 saturated heterocycles. The van der Waals surface area contributed by atoms with Gasteiger partial charge in [-0.1, -0.05) is 6.42 Å². The quantitative estimate of drug-likeness (QED) is 0.849. The normalized spacial score (nSPS) is 21.0. The number of hydrogen-bond donors (Lipinski definition) is 1. The third kappa shape index (κ3) is 3.98. The molecule has 19 heavy (non-hydrogen) atoms. The molecule has 2 rings (SSSR count). The molecule has 1 N–H and O–H groups in total. The Morgan fingerprint density at radius 3 is 2.89 bits per heavy atom. The minimum absolute atomic E-state index is 0.209. The number of rotatable bonds is 1. The summed E-state index contributed by atoms with van der Waals surface area (Å²) in [4.78, 5) is 14.0. The summed E-state index contributed by atoms with van der Waals surface area (Å²) in [6, 6.07) is 1.99. The van der Waals surface area contributed by atoms with E-state index in [-0.39, 0.29) is 6.09 Å². The summed E-state index contributed by atoms with van der Waals surface area (Å²) in [6.07, 6.45) is 4.80. The highest BCUT2D eigenvalue weighted by atomic mass is 16.6. The second-order valence-electron chi connectivity index (χ2n) is 6.13. The number of aromatic amines is 1. The van der Waals surface area contributed by atoms with Crippen LogP contribution in [-0.2, 0) is 4.74 Å². The number of nitrogens with one attached hydrogen (secondary N) is 1. The molecule has 0 spiro atoms. The first-order valence-corrected chi connectivity index (χ1v) is 6.93. The third-order valence-electron chi connectivity index (χ3n) is 3.29. The average Bonchev–Trinajstić information content (AvgIpc) is 2.71. The molecule has 106 valence electrons. The second-order valence-corrected chi connectivity index (χ2v) is 6.13. The predicted molar refractivity (Wildman–Crippen MR) is 73.0 cm³/mol. The number of likely N-dealkylation sites (tertiary alicyclic amines) is 1. The third-order valence-corrected chi connectivity index (χ3v) is 3.29. The minimum atomic E-state index is -0.438. The number of aromatic nitrogens is 2. The Balaban J connectivity index is 2.02. The maximum atomic E-state index is 12.2. The highest BCUT2D eigenvalue weighted by molar-refractivity contribution is 5.68. The van der Waals surface area contributed by atoms with Gasteiger partial charge in [-0.15, -0.1) is 0 Å². The zero-order chi connectivity index (χ0) is 13.9. The van der Waals surface area contributed by atoms with Gasteiger partial charge in [-0.2, -0.15) is 5.10 Å². The van der Waals surface area contributed by atoms with Gasteiger partial charge in [0, 0.05) is 30.9 Å². The molecule has 1 aliphatic heterocycles. The number of amides is 1. The average molecular weight is 265 g/mol. The summed E-state index contributed by atoms with van der Waals surface area (Å²) in [5.41, 5.74) is 0.669. The SMILES string of the molecule is CC(C)(C)OC(=O)N1CCCC[C@@H](c2ccn[nH]2)C1. The van der Waals surface area contributed by atoms with Crippen molar-refractivity contribution in [2.24, 2.45) is 0 Å². The Morgan fingerprint density at radius 1 is 1.47 bits per heavy atom. The van der Waals surface area contributed by atoms with Crippen LogP contribution in [0.3, 0.4) is 0 Å². The van der Waals surface area contributed by atoms with Gasteiger partial charge < -0.3 is 9.64 Å². The van der Waals surface area contributed by atoms with Crippen molar-refractivity contribution in [1.82, 2.24) is 15.1 Å². The van der Waals surface area contributed by atoms with E-state index in [2.05, 4.69) is 10.2 Å². The van der Waals surface area contributed by atoms with E-state index >= 15 is 0 Å². The standard InChI is InChI=1S/C14H23N3O2/c1-14(2,3)19-13(18)17-9-5-4-6-11(10-17)12-7-8-15-16-12/h7-8,11H,4-6,9-10H2,1-3H3,(H,15,16)/t11-/m1/s1. The van der Waals surface area contributed by atoms with E-state index in [0.717, 1.165) is 31.5 Å². The van der Waals surface area contributed by atoms with Gasteiger partial charge in [0.15, 0.2) is 0 Å². The number of H-pyrrole nitrogens is 1. The van der Waals surface area contributed by atoms with Gasteiger partial charge in [0.1, 0.15) is 5.60 Å². The highest BCUT2D eigenvalue weighted by Crippen LogP contribution is 2.25. The molecule has 1 aromatic rings. The molecule has 1 aliphatic rings. The smallest absolute Gasteiger partial charge is 0.410 e. The van der Waals surface area contributed by atoms with Crippen LogP contribution in [0.15, 0.2) is 12.3 Å². The maximum Gasteiger partial charge on any atom is 0.410 e. The van der Waals surface area contributed by atoms with Gasteiger partial charge in [-0.05, 0) is 39.7 Å². The maximum absolute atomic E-state index is 12.2. The lowest BCUT2D eigenvalue weighted by Gasteiger charge is -2.28. The van der Waals surface area contributed by atoms with Gasteiger partial charge >= 0.3 is 6.09 Å². The lowest BCUT2D eigenvalue weighted by molar-refractivity contribution is 0.0248. The van der Waals surface area contributed by atoms with E-state index in [9.17, 15) is 4.79 Å². The van der Waals surface area contributed by atoms with Crippen molar-refractivity contribution >= 4 is 6.09 Å². The zero-order valence-electron chi connectivity index (χ0n) is 12.0. The molecule has 5 nitrogen and oxygen atoms in total. The first kappa shape index (κ1) is 13.9. The van der Waals surface area contributed by atoms with Crippen LogP contribution in [-0.4, -0.2) is 39.9 Å². The van der Waals surface area contributed by atoms with Crippen LogP contribution in [0.25, 0.3) is 0 Å². The van der Waals surface area contributed by atoms with Crippen molar-refractivity contribution in [3.05, 3.63) is 18.0 Å². The van der Waals surface area contributed by atoms with Crippen molar-refractivity contribution in [2.45, 2.75) is 51.6 Å². The van der Waals surface area contributed by atoms with Crippen LogP contribution in [0.2, 0.25) is 0 Å². The molecule has 5 heteroatoms. The highest BCUT2D eigenvalue weighted by Gasteiger charge is 2.27. The molecule has 2 heterocycles. The molecule has 0 bridgehead atoms.